The zero-order valence-electron chi connectivity index (χ0n) is 11.6. The maximum Gasteiger partial charge on any atom is 0.338 e. The molecule has 0 radical (unpaired) electrons. The van der Waals surface area contributed by atoms with E-state index in [1.165, 1.54) is 0 Å². The van der Waals surface area contributed by atoms with Crippen LogP contribution < -0.4 is 5.32 Å². The Morgan fingerprint density at radius 2 is 1.83 bits per heavy atom. The van der Waals surface area contributed by atoms with Gasteiger partial charge in [0.05, 0.1) is 5.56 Å². The van der Waals surface area contributed by atoms with Gasteiger partial charge < -0.3 is 15.4 Å². The van der Waals surface area contributed by atoms with Crippen molar-refractivity contribution >= 4 is 56.0 Å². The van der Waals surface area contributed by atoms with E-state index in [0.717, 1.165) is 4.47 Å². The van der Waals surface area contributed by atoms with Gasteiger partial charge in [-0.1, -0.05) is 33.6 Å². The summed E-state index contributed by atoms with van der Waals surface area (Å²) in [4.78, 5) is 26.9. The topological polar surface area (TPSA) is 82.2 Å². The molecule has 0 fully saturated rings. The Labute approximate surface area is 144 Å². The van der Waals surface area contributed by atoms with Gasteiger partial charge >= 0.3 is 5.97 Å². The third kappa shape index (κ3) is 3.09. The van der Waals surface area contributed by atoms with E-state index in [9.17, 15) is 14.7 Å². The predicted molar refractivity (Wildman–Crippen MR) is 92.4 cm³/mol. The molecule has 0 bridgehead atoms. The number of carbonyl (C=O) groups is 2. The van der Waals surface area contributed by atoms with Crippen molar-refractivity contribution in [2.24, 2.45) is 0 Å². The summed E-state index contributed by atoms with van der Waals surface area (Å²) in [5.74, 6) is -1.70. The number of fused-ring (bicyclic) bond motifs is 1. The van der Waals surface area contributed by atoms with E-state index in [1.807, 2.05) is 0 Å². The average Bonchev–Trinajstić information content (AvgIpc) is 2.88. The van der Waals surface area contributed by atoms with Crippen LogP contribution in [-0.4, -0.2) is 22.0 Å². The fourth-order valence-corrected chi connectivity index (χ4v) is 2.78. The molecule has 0 aliphatic carbocycles. The van der Waals surface area contributed by atoms with Crippen molar-refractivity contribution < 1.29 is 14.7 Å². The number of aromatic nitrogens is 1. The fourth-order valence-electron chi connectivity index (χ4n) is 2.29. The van der Waals surface area contributed by atoms with Gasteiger partial charge in [-0.15, -0.1) is 0 Å². The lowest BCUT2D eigenvalue weighted by Crippen LogP contribution is -2.16. The summed E-state index contributed by atoms with van der Waals surface area (Å²) in [5.41, 5.74) is 1.04. The Hall–Kier alpha value is -2.31. The molecule has 0 aliphatic heterocycles. The smallest absolute Gasteiger partial charge is 0.338 e. The molecular formula is C16H10BrClN2O3. The summed E-state index contributed by atoms with van der Waals surface area (Å²) < 4.78 is 0.785. The third-order valence-electron chi connectivity index (χ3n) is 3.30. The summed E-state index contributed by atoms with van der Waals surface area (Å²) >= 11 is 9.12. The number of hydrogen-bond acceptors (Lipinski definition) is 2. The highest BCUT2D eigenvalue weighted by Crippen LogP contribution is 2.26. The Morgan fingerprint density at radius 1 is 1.13 bits per heavy atom. The minimum atomic E-state index is -1.17. The van der Waals surface area contributed by atoms with E-state index in [4.69, 9.17) is 11.6 Å². The Kier molecular flexibility index (Phi) is 4.11. The molecule has 0 unspecified atom stereocenters. The quantitative estimate of drug-likeness (QED) is 0.611. The van der Waals surface area contributed by atoms with Crippen LogP contribution in [0.25, 0.3) is 10.9 Å². The number of benzene rings is 2. The number of H-pyrrole nitrogens is 1. The van der Waals surface area contributed by atoms with Gasteiger partial charge in [-0.25, -0.2) is 4.79 Å². The lowest BCUT2D eigenvalue weighted by atomic mass is 10.1. The highest BCUT2D eigenvalue weighted by molar-refractivity contribution is 9.10. The number of halogens is 2. The van der Waals surface area contributed by atoms with Crippen molar-refractivity contribution in [3.63, 3.8) is 0 Å². The maximum atomic E-state index is 12.4. The number of amides is 1. The van der Waals surface area contributed by atoms with Crippen LogP contribution >= 0.6 is 27.5 Å². The number of rotatable bonds is 3. The van der Waals surface area contributed by atoms with Gasteiger partial charge in [-0.3, -0.25) is 4.79 Å². The van der Waals surface area contributed by atoms with E-state index < -0.39 is 11.9 Å². The zero-order valence-corrected chi connectivity index (χ0v) is 13.9. The molecule has 0 atom stereocenters. The maximum absolute atomic E-state index is 12.4. The van der Waals surface area contributed by atoms with Crippen molar-refractivity contribution in [3.8, 4) is 0 Å². The lowest BCUT2D eigenvalue weighted by Gasteiger charge is -2.05. The second kappa shape index (κ2) is 6.06. The van der Waals surface area contributed by atoms with E-state index in [0.29, 0.717) is 21.6 Å². The third-order valence-corrected chi connectivity index (χ3v) is 4.05. The fraction of sp³-hybridized carbons (Fsp3) is 0. The summed E-state index contributed by atoms with van der Waals surface area (Å²) in [6, 6.07) is 11.7. The molecular weight excluding hydrogens is 384 g/mol. The van der Waals surface area contributed by atoms with Crippen molar-refractivity contribution in [3.05, 3.63) is 63.2 Å². The molecule has 23 heavy (non-hydrogen) atoms. The first-order valence-electron chi connectivity index (χ1n) is 6.57. The molecule has 1 aromatic heterocycles. The van der Waals surface area contributed by atoms with Crippen molar-refractivity contribution in [2.45, 2.75) is 0 Å². The van der Waals surface area contributed by atoms with Crippen LogP contribution in [0.1, 0.15) is 20.8 Å². The van der Waals surface area contributed by atoms with Crippen LogP contribution in [-0.2, 0) is 0 Å². The average molecular weight is 394 g/mol. The summed E-state index contributed by atoms with van der Waals surface area (Å²) in [6.07, 6.45) is 0. The molecule has 0 spiro atoms. The van der Waals surface area contributed by atoms with E-state index >= 15 is 0 Å². The van der Waals surface area contributed by atoms with Crippen LogP contribution in [0.5, 0.6) is 0 Å². The van der Waals surface area contributed by atoms with E-state index in [1.54, 1.807) is 42.5 Å². The second-order valence-electron chi connectivity index (χ2n) is 4.83. The number of aromatic carboxylic acids is 1. The summed E-state index contributed by atoms with van der Waals surface area (Å²) in [6.45, 7) is 0. The second-order valence-corrected chi connectivity index (χ2v) is 6.18. The molecule has 0 saturated carbocycles. The summed E-state index contributed by atoms with van der Waals surface area (Å²) in [5, 5.41) is 13.1. The molecule has 1 amide bonds. The number of hydrogen-bond donors (Lipinski definition) is 3. The number of carboxylic acids is 1. The number of anilines is 1. The van der Waals surface area contributed by atoms with Crippen LogP contribution in [0.4, 0.5) is 5.69 Å². The van der Waals surface area contributed by atoms with Gasteiger partial charge in [-0.2, -0.15) is 0 Å². The normalized spacial score (nSPS) is 10.7. The van der Waals surface area contributed by atoms with E-state index in [2.05, 4.69) is 26.2 Å². The minimum Gasteiger partial charge on any atom is -0.478 e. The molecule has 3 rings (SSSR count). The highest BCUT2D eigenvalue weighted by atomic mass is 79.9. The number of aromatic amines is 1. The molecule has 7 heteroatoms. The first-order chi connectivity index (χ1) is 11.0. The van der Waals surface area contributed by atoms with Gasteiger partial charge in [0.15, 0.2) is 0 Å². The standard InChI is InChI=1S/C16H10BrClN2O3/c17-8-1-6-11-12(7-8)20-14(13(11)16(22)23)15(21)19-10-4-2-9(18)3-5-10/h1-7,20H,(H,19,21)(H,22,23). The summed E-state index contributed by atoms with van der Waals surface area (Å²) in [7, 11) is 0. The Bertz CT molecular complexity index is 919. The van der Waals surface area contributed by atoms with Crippen LogP contribution in [0.15, 0.2) is 46.9 Å². The zero-order chi connectivity index (χ0) is 16.6. The van der Waals surface area contributed by atoms with Crippen molar-refractivity contribution in [1.29, 1.82) is 0 Å². The van der Waals surface area contributed by atoms with Gasteiger partial charge in [0.2, 0.25) is 0 Å². The molecule has 5 nitrogen and oxygen atoms in total. The molecule has 0 saturated heterocycles. The van der Waals surface area contributed by atoms with Crippen LogP contribution in [0.3, 0.4) is 0 Å². The largest absolute Gasteiger partial charge is 0.478 e. The molecule has 3 aromatic rings. The molecule has 3 N–H and O–H groups in total. The number of carboxylic acid groups (broad SMARTS) is 1. The van der Waals surface area contributed by atoms with Crippen LogP contribution in [0, 0.1) is 0 Å². The van der Waals surface area contributed by atoms with E-state index in [-0.39, 0.29) is 11.3 Å². The SMILES string of the molecule is O=C(Nc1ccc(Cl)cc1)c1[nH]c2cc(Br)ccc2c1C(=O)O. The monoisotopic (exact) mass is 392 g/mol. The van der Waals surface area contributed by atoms with Crippen molar-refractivity contribution in [2.75, 3.05) is 5.32 Å². The number of nitrogens with one attached hydrogen (secondary N) is 2. The molecule has 0 aliphatic rings. The lowest BCUT2D eigenvalue weighted by molar-refractivity contribution is 0.0694. The van der Waals surface area contributed by atoms with Gasteiger partial charge in [0, 0.05) is 26.1 Å². The van der Waals surface area contributed by atoms with Crippen molar-refractivity contribution in [1.82, 2.24) is 4.98 Å². The van der Waals surface area contributed by atoms with Gasteiger partial charge in [-0.05, 0) is 36.4 Å². The Morgan fingerprint density at radius 3 is 2.48 bits per heavy atom. The molecule has 2 aromatic carbocycles. The first-order valence-corrected chi connectivity index (χ1v) is 7.74. The van der Waals surface area contributed by atoms with Crippen LogP contribution in [0.2, 0.25) is 5.02 Å². The minimum absolute atomic E-state index is 0.000509. The van der Waals surface area contributed by atoms with Gasteiger partial charge in [0.1, 0.15) is 5.69 Å². The Balaban J connectivity index is 2.04. The molecule has 116 valence electrons. The number of carbonyl (C=O) groups excluding carboxylic acids is 1. The highest BCUT2D eigenvalue weighted by Gasteiger charge is 2.23. The van der Waals surface area contributed by atoms with Gasteiger partial charge in [0.25, 0.3) is 5.91 Å². The molecule has 1 heterocycles. The predicted octanol–water partition coefficient (Wildman–Crippen LogP) is 4.53. The first kappa shape index (κ1) is 15.6.